The van der Waals surface area contributed by atoms with E-state index >= 15 is 0 Å². The van der Waals surface area contributed by atoms with E-state index in [1.165, 1.54) is 0 Å². The number of ether oxygens (including phenoxy) is 1. The number of nitrogens with zero attached hydrogens (tertiary/aromatic N) is 5. The van der Waals surface area contributed by atoms with Crippen LogP contribution in [0.2, 0.25) is 0 Å². The first kappa shape index (κ1) is 22.0. The quantitative estimate of drug-likeness (QED) is 0.484. The van der Waals surface area contributed by atoms with Gasteiger partial charge in [-0.05, 0) is 66.2 Å². The molecule has 0 aliphatic carbocycles. The van der Waals surface area contributed by atoms with Gasteiger partial charge in [0, 0.05) is 11.8 Å². The first-order chi connectivity index (χ1) is 14.9. The van der Waals surface area contributed by atoms with Gasteiger partial charge < -0.3 is 14.4 Å². The summed E-state index contributed by atoms with van der Waals surface area (Å²) in [5.41, 5.74) is 2.97. The molecule has 1 aromatic carbocycles. The molecule has 8 nitrogen and oxygen atoms in total. The summed E-state index contributed by atoms with van der Waals surface area (Å²) in [5.74, 6) is 1.78. The first-order valence-electron chi connectivity index (χ1n) is 10.6. The second-order valence-electron chi connectivity index (χ2n) is 9.74. The van der Waals surface area contributed by atoms with Crippen LogP contribution >= 0.6 is 0 Å². The van der Waals surface area contributed by atoms with Crippen molar-refractivity contribution in [2.24, 2.45) is 0 Å². The number of aryl methyl sites for hydroxylation is 2. The molecule has 0 bridgehead atoms. The summed E-state index contributed by atoms with van der Waals surface area (Å²) in [4.78, 5) is 9.51. The van der Waals surface area contributed by atoms with Crippen molar-refractivity contribution in [1.82, 2.24) is 24.9 Å². The van der Waals surface area contributed by atoms with Crippen LogP contribution in [0.5, 0.6) is 5.88 Å². The van der Waals surface area contributed by atoms with E-state index in [-0.39, 0.29) is 0 Å². The van der Waals surface area contributed by atoms with E-state index in [0.717, 1.165) is 39.0 Å². The minimum absolute atomic E-state index is 0.368. The third-order valence-corrected chi connectivity index (χ3v) is 4.83. The van der Waals surface area contributed by atoms with Gasteiger partial charge in [0.1, 0.15) is 11.4 Å². The van der Waals surface area contributed by atoms with Gasteiger partial charge in [-0.1, -0.05) is 11.2 Å². The Hall–Kier alpha value is -3.26. The van der Waals surface area contributed by atoms with Crippen molar-refractivity contribution in [1.29, 1.82) is 0 Å². The fraction of sp³-hybridized carbons (Fsp3) is 0.417. The maximum atomic E-state index is 10.1. The number of fused-ring (bicyclic) bond motifs is 1. The van der Waals surface area contributed by atoms with Crippen molar-refractivity contribution < 1.29 is 14.4 Å². The summed E-state index contributed by atoms with van der Waals surface area (Å²) < 4.78 is 13.3. The van der Waals surface area contributed by atoms with Gasteiger partial charge in [-0.3, -0.25) is 4.68 Å². The molecule has 0 saturated carbocycles. The average molecular weight is 436 g/mol. The van der Waals surface area contributed by atoms with Crippen LogP contribution < -0.4 is 4.74 Å². The summed E-state index contributed by atoms with van der Waals surface area (Å²) in [6.07, 6.45) is 3.53. The zero-order chi connectivity index (χ0) is 23.3. The van der Waals surface area contributed by atoms with E-state index < -0.39 is 11.2 Å². The van der Waals surface area contributed by atoms with Crippen molar-refractivity contribution in [3.8, 4) is 28.4 Å². The average Bonchev–Trinajstić information content (AvgIpc) is 3.25. The number of hydrogen-bond donors (Lipinski definition) is 1. The summed E-state index contributed by atoms with van der Waals surface area (Å²) in [7, 11) is 0. The molecule has 3 heterocycles. The Labute approximate surface area is 187 Å². The molecule has 4 rings (SSSR count). The molecule has 3 aromatic heterocycles. The van der Waals surface area contributed by atoms with Crippen LogP contribution in [0.1, 0.15) is 46.1 Å². The lowest BCUT2D eigenvalue weighted by molar-refractivity contribution is 0.0577. The zero-order valence-corrected chi connectivity index (χ0v) is 19.6. The van der Waals surface area contributed by atoms with Gasteiger partial charge in [-0.2, -0.15) is 10.1 Å². The Bertz CT molecular complexity index is 1260. The minimum atomic E-state index is -0.872. The van der Waals surface area contributed by atoms with E-state index in [0.29, 0.717) is 18.2 Å². The number of aliphatic hydroxyl groups is 1. The zero-order valence-electron chi connectivity index (χ0n) is 19.6. The molecular formula is C24H29N5O3. The third kappa shape index (κ3) is 4.65. The molecule has 8 heteroatoms. The Morgan fingerprint density at radius 2 is 1.81 bits per heavy atom. The molecule has 168 valence electrons. The lowest BCUT2D eigenvalue weighted by Gasteiger charge is -2.22. The molecule has 1 N–H and O–H groups in total. The van der Waals surface area contributed by atoms with Gasteiger partial charge in [-0.25, -0.2) is 4.98 Å². The van der Waals surface area contributed by atoms with Crippen LogP contribution in [0.4, 0.5) is 0 Å². The summed E-state index contributed by atoms with van der Waals surface area (Å²) >= 11 is 0. The van der Waals surface area contributed by atoms with E-state index in [9.17, 15) is 5.11 Å². The van der Waals surface area contributed by atoms with E-state index in [1.54, 1.807) is 24.7 Å². The second kappa shape index (κ2) is 7.70. The number of aromatic nitrogens is 5. The SMILES string of the molecule is Cc1noc(C)c1-c1ccc2nc(-c3cnn(CC(C)(C)O)c3)nc(OC(C)(C)C)c2c1. The van der Waals surface area contributed by atoms with Gasteiger partial charge in [0.15, 0.2) is 5.82 Å². The largest absolute Gasteiger partial charge is 0.471 e. The second-order valence-corrected chi connectivity index (χ2v) is 9.74. The van der Waals surface area contributed by atoms with Crippen LogP contribution in [0.15, 0.2) is 35.1 Å². The van der Waals surface area contributed by atoms with Gasteiger partial charge in [0.05, 0.1) is 40.5 Å². The lowest BCUT2D eigenvalue weighted by atomic mass is 10.0. The summed E-state index contributed by atoms with van der Waals surface area (Å²) in [6.45, 7) is 13.6. The van der Waals surface area contributed by atoms with Gasteiger partial charge in [0.2, 0.25) is 5.88 Å². The topological polar surface area (TPSA) is 99.1 Å². The monoisotopic (exact) mass is 435 g/mol. The molecule has 0 saturated heterocycles. The minimum Gasteiger partial charge on any atom is -0.471 e. The summed E-state index contributed by atoms with van der Waals surface area (Å²) in [5, 5.41) is 19.3. The Balaban J connectivity index is 1.84. The molecule has 0 aliphatic heterocycles. The standard InChI is InChI=1S/C24H29N5O3/c1-14-20(15(2)32-28-14)16-8-9-19-18(10-16)22(31-23(3,4)5)27-21(26-19)17-11-25-29(12-17)13-24(6,7)30/h8-12,30H,13H2,1-7H3. The summed E-state index contributed by atoms with van der Waals surface area (Å²) in [6, 6.07) is 5.98. The van der Waals surface area contributed by atoms with Crippen LogP contribution in [-0.4, -0.2) is 41.2 Å². The molecule has 0 radical (unpaired) electrons. The van der Waals surface area contributed by atoms with Gasteiger partial charge in [0.25, 0.3) is 0 Å². The molecule has 0 aliphatic rings. The molecule has 4 aromatic rings. The smallest absolute Gasteiger partial charge is 0.225 e. The van der Waals surface area contributed by atoms with Crippen molar-refractivity contribution in [2.75, 3.05) is 0 Å². The van der Waals surface area contributed by atoms with Crippen molar-refractivity contribution in [2.45, 2.75) is 66.2 Å². The fourth-order valence-corrected chi connectivity index (χ4v) is 3.61. The van der Waals surface area contributed by atoms with Crippen LogP contribution in [0.25, 0.3) is 33.4 Å². The number of rotatable bonds is 5. The van der Waals surface area contributed by atoms with Crippen LogP contribution in [-0.2, 0) is 6.54 Å². The molecule has 0 atom stereocenters. The van der Waals surface area contributed by atoms with E-state index in [1.807, 2.05) is 59.0 Å². The first-order valence-corrected chi connectivity index (χ1v) is 10.6. The predicted molar refractivity (Wildman–Crippen MR) is 122 cm³/mol. The van der Waals surface area contributed by atoms with Crippen LogP contribution in [0.3, 0.4) is 0 Å². The maximum absolute atomic E-state index is 10.1. The third-order valence-electron chi connectivity index (χ3n) is 4.83. The highest BCUT2D eigenvalue weighted by Crippen LogP contribution is 2.34. The fourth-order valence-electron chi connectivity index (χ4n) is 3.61. The normalized spacial score (nSPS) is 12.5. The predicted octanol–water partition coefficient (Wildman–Crippen LogP) is 4.71. The van der Waals surface area contributed by atoms with Crippen LogP contribution in [0, 0.1) is 13.8 Å². The van der Waals surface area contributed by atoms with E-state index in [2.05, 4.69) is 10.3 Å². The Morgan fingerprint density at radius 1 is 1.06 bits per heavy atom. The highest BCUT2D eigenvalue weighted by Gasteiger charge is 2.21. The maximum Gasteiger partial charge on any atom is 0.225 e. The highest BCUT2D eigenvalue weighted by atomic mass is 16.5. The molecule has 0 fully saturated rings. The Morgan fingerprint density at radius 3 is 2.44 bits per heavy atom. The molecule has 32 heavy (non-hydrogen) atoms. The number of hydrogen-bond acceptors (Lipinski definition) is 7. The van der Waals surface area contributed by atoms with Gasteiger partial charge >= 0.3 is 0 Å². The molecule has 0 unspecified atom stereocenters. The lowest BCUT2D eigenvalue weighted by Crippen LogP contribution is -2.26. The number of benzene rings is 1. The Kier molecular flexibility index (Phi) is 5.29. The molecular weight excluding hydrogens is 406 g/mol. The molecule has 0 spiro atoms. The van der Waals surface area contributed by atoms with Crippen molar-refractivity contribution >= 4 is 10.9 Å². The van der Waals surface area contributed by atoms with Crippen molar-refractivity contribution in [3.63, 3.8) is 0 Å². The van der Waals surface area contributed by atoms with E-state index in [4.69, 9.17) is 19.2 Å². The highest BCUT2D eigenvalue weighted by molar-refractivity contribution is 5.90. The molecule has 0 amide bonds. The van der Waals surface area contributed by atoms with Crippen molar-refractivity contribution in [3.05, 3.63) is 42.0 Å². The van der Waals surface area contributed by atoms with Gasteiger partial charge in [-0.15, -0.1) is 0 Å².